The van der Waals surface area contributed by atoms with E-state index >= 15 is 0 Å². The van der Waals surface area contributed by atoms with E-state index < -0.39 is 45.2 Å². The minimum atomic E-state index is -5.12. The number of aliphatic hydroxyl groups is 2. The predicted molar refractivity (Wildman–Crippen MR) is 56.6 cm³/mol. The van der Waals surface area contributed by atoms with E-state index in [1.807, 2.05) is 0 Å². The van der Waals surface area contributed by atoms with Crippen molar-refractivity contribution in [2.75, 3.05) is 0 Å². The summed E-state index contributed by atoms with van der Waals surface area (Å²) >= 11 is 0. The van der Waals surface area contributed by atoms with Crippen LogP contribution in [0.25, 0.3) is 0 Å². The van der Waals surface area contributed by atoms with Gasteiger partial charge >= 0.3 is 20.8 Å². The molecule has 0 fully saturated rings. The molecule has 0 saturated heterocycles. The third-order valence-corrected chi connectivity index (χ3v) is 2.68. The number of carbonyl (C=O) groups excluding carboxylic acids is 1. The largest absolute Gasteiger partial charge is 0.398 e. The summed E-state index contributed by atoms with van der Waals surface area (Å²) in [6.07, 6.45) is -8.67. The van der Waals surface area contributed by atoms with E-state index in [9.17, 15) is 26.7 Å². The minimum Gasteiger partial charge on any atom is -0.391 e. The molecule has 0 aromatic rings. The fourth-order valence-electron chi connectivity index (χ4n) is 1.05. The van der Waals surface area contributed by atoms with E-state index in [4.69, 9.17) is 14.2 Å². The molecule has 0 aromatic heterocycles. The van der Waals surface area contributed by atoms with Gasteiger partial charge in [-0.1, -0.05) is 0 Å². The smallest absolute Gasteiger partial charge is 0.391 e. The molecule has 0 saturated carbocycles. The van der Waals surface area contributed by atoms with Gasteiger partial charge in [0.2, 0.25) is 0 Å². The SMILES string of the molecule is CC(O)C(OS(=O)(=O)O)C(O)C(C=O)OS(=O)(=O)O. The fraction of sp³-hybridized carbons (Fsp3) is 0.833. The van der Waals surface area contributed by atoms with Gasteiger partial charge in [0.25, 0.3) is 0 Å². The summed E-state index contributed by atoms with van der Waals surface area (Å²) in [6.45, 7) is 0.925. The second-order valence-corrected chi connectivity index (χ2v) is 5.44. The summed E-state index contributed by atoms with van der Waals surface area (Å²) in [4.78, 5) is 10.5. The first-order valence-corrected chi connectivity index (χ1v) is 7.23. The number of carbonyl (C=O) groups is 1. The highest BCUT2D eigenvalue weighted by molar-refractivity contribution is 7.81. The molecule has 0 aliphatic heterocycles. The Kier molecular flexibility index (Phi) is 6.43. The van der Waals surface area contributed by atoms with Crippen molar-refractivity contribution in [1.29, 1.82) is 0 Å². The zero-order valence-electron chi connectivity index (χ0n) is 9.35. The molecule has 4 N–H and O–H groups in total. The second kappa shape index (κ2) is 6.67. The van der Waals surface area contributed by atoms with Gasteiger partial charge in [-0.15, -0.1) is 0 Å². The molecule has 114 valence electrons. The highest BCUT2D eigenvalue weighted by Crippen LogP contribution is 2.14. The third kappa shape index (κ3) is 7.48. The Balaban J connectivity index is 5.16. The Bertz CT molecular complexity index is 491. The Morgan fingerprint density at radius 2 is 1.42 bits per heavy atom. The van der Waals surface area contributed by atoms with Crippen LogP contribution in [0.3, 0.4) is 0 Å². The van der Waals surface area contributed by atoms with Crippen LogP contribution < -0.4 is 0 Å². The number of aldehydes is 1. The number of hydrogen-bond acceptors (Lipinski definition) is 9. The van der Waals surface area contributed by atoms with Gasteiger partial charge in [0.15, 0.2) is 12.4 Å². The Labute approximate surface area is 108 Å². The number of aliphatic hydroxyl groups excluding tert-OH is 2. The zero-order chi connectivity index (χ0) is 15.4. The first kappa shape index (κ1) is 18.3. The van der Waals surface area contributed by atoms with E-state index in [-0.39, 0.29) is 6.29 Å². The predicted octanol–water partition coefficient (Wildman–Crippen LogP) is -2.70. The Hall–Kier alpha value is -0.670. The summed E-state index contributed by atoms with van der Waals surface area (Å²) in [5.74, 6) is 0. The van der Waals surface area contributed by atoms with Crippen molar-refractivity contribution in [2.45, 2.75) is 31.3 Å². The van der Waals surface area contributed by atoms with Crippen LogP contribution in [0, 0.1) is 0 Å². The lowest BCUT2D eigenvalue weighted by molar-refractivity contribution is -0.127. The maximum Gasteiger partial charge on any atom is 0.398 e. The lowest BCUT2D eigenvalue weighted by Crippen LogP contribution is -2.48. The average Bonchev–Trinajstić information content (AvgIpc) is 2.18. The normalized spacial score (nSPS) is 19.4. The van der Waals surface area contributed by atoms with Gasteiger partial charge in [0.1, 0.15) is 12.2 Å². The second-order valence-electron chi connectivity index (χ2n) is 3.34. The van der Waals surface area contributed by atoms with Crippen molar-refractivity contribution in [3.8, 4) is 0 Å². The van der Waals surface area contributed by atoms with Crippen LogP contribution in [0.5, 0.6) is 0 Å². The number of hydrogen-bond donors (Lipinski definition) is 4. The molecule has 0 amide bonds. The lowest BCUT2D eigenvalue weighted by atomic mass is 10.1. The molecule has 13 heteroatoms. The maximum atomic E-state index is 10.5. The molecule has 0 heterocycles. The first-order valence-electron chi connectivity index (χ1n) is 4.50. The van der Waals surface area contributed by atoms with Crippen LogP contribution in [-0.4, -0.2) is 66.9 Å². The van der Waals surface area contributed by atoms with Crippen molar-refractivity contribution in [2.24, 2.45) is 0 Å². The molecule has 19 heavy (non-hydrogen) atoms. The molecule has 4 unspecified atom stereocenters. The quantitative estimate of drug-likeness (QED) is 0.269. The maximum absolute atomic E-state index is 10.5. The summed E-state index contributed by atoms with van der Waals surface area (Å²) in [5, 5.41) is 18.6. The zero-order valence-corrected chi connectivity index (χ0v) is 11.0. The van der Waals surface area contributed by atoms with Gasteiger partial charge in [-0.3, -0.25) is 9.11 Å². The van der Waals surface area contributed by atoms with Gasteiger partial charge in [0, 0.05) is 0 Å². The molecule has 0 aromatic carbocycles. The van der Waals surface area contributed by atoms with Gasteiger partial charge in [-0.05, 0) is 6.92 Å². The molecule has 0 rings (SSSR count). The van der Waals surface area contributed by atoms with Gasteiger partial charge < -0.3 is 15.0 Å². The van der Waals surface area contributed by atoms with Crippen LogP contribution in [-0.2, 0) is 34.0 Å². The molecule has 0 bridgehead atoms. The van der Waals surface area contributed by atoms with Crippen LogP contribution in [0.1, 0.15) is 6.92 Å². The first-order chi connectivity index (χ1) is 8.37. The van der Waals surface area contributed by atoms with Crippen LogP contribution in [0.4, 0.5) is 0 Å². The minimum absolute atomic E-state index is 0.277. The summed E-state index contributed by atoms with van der Waals surface area (Å²) in [7, 11) is -10.2. The molecule has 0 aliphatic carbocycles. The topological polar surface area (TPSA) is 185 Å². The van der Waals surface area contributed by atoms with Crippen LogP contribution in [0.2, 0.25) is 0 Å². The van der Waals surface area contributed by atoms with Crippen LogP contribution >= 0.6 is 0 Å². The van der Waals surface area contributed by atoms with Crippen molar-refractivity contribution in [3.05, 3.63) is 0 Å². The van der Waals surface area contributed by atoms with Gasteiger partial charge in [-0.25, -0.2) is 8.37 Å². The Morgan fingerprint density at radius 3 is 1.68 bits per heavy atom. The van der Waals surface area contributed by atoms with Gasteiger partial charge in [0.05, 0.1) is 6.10 Å². The molecular formula is C6H12O11S2. The monoisotopic (exact) mass is 324 g/mol. The standard InChI is InChI=1S/C6H12O11S2/c1-3(8)6(17-19(13,14)15)5(9)4(2-7)16-18(10,11)12/h2-6,8-9H,1H3,(H,10,11,12)(H,13,14,15). The summed E-state index contributed by atoms with van der Waals surface area (Å²) in [5.41, 5.74) is 0. The average molecular weight is 324 g/mol. The van der Waals surface area contributed by atoms with Crippen molar-refractivity contribution >= 4 is 27.1 Å². The summed E-state index contributed by atoms with van der Waals surface area (Å²) in [6, 6.07) is 0. The third-order valence-electron chi connectivity index (χ3n) is 1.75. The summed E-state index contributed by atoms with van der Waals surface area (Å²) < 4.78 is 66.0. The Morgan fingerprint density at radius 1 is 1.00 bits per heavy atom. The molecule has 11 nitrogen and oxygen atoms in total. The molecular weight excluding hydrogens is 312 g/mol. The van der Waals surface area contributed by atoms with Crippen molar-refractivity contribution < 1.29 is 49.3 Å². The van der Waals surface area contributed by atoms with Gasteiger partial charge in [-0.2, -0.15) is 16.8 Å². The van der Waals surface area contributed by atoms with Crippen molar-refractivity contribution in [1.82, 2.24) is 0 Å². The van der Waals surface area contributed by atoms with E-state index in [2.05, 4.69) is 8.37 Å². The molecule has 0 spiro atoms. The van der Waals surface area contributed by atoms with Crippen molar-refractivity contribution in [3.63, 3.8) is 0 Å². The molecule has 4 atom stereocenters. The van der Waals surface area contributed by atoms with E-state index in [1.165, 1.54) is 0 Å². The number of rotatable bonds is 8. The lowest BCUT2D eigenvalue weighted by Gasteiger charge is -2.26. The van der Waals surface area contributed by atoms with Crippen LogP contribution in [0.15, 0.2) is 0 Å². The fourth-order valence-corrected chi connectivity index (χ4v) is 2.05. The highest BCUT2D eigenvalue weighted by atomic mass is 32.3. The highest BCUT2D eigenvalue weighted by Gasteiger charge is 2.37. The molecule has 0 aliphatic rings. The van der Waals surface area contributed by atoms with E-state index in [1.54, 1.807) is 0 Å². The van der Waals surface area contributed by atoms with E-state index in [0.29, 0.717) is 0 Å². The molecule has 0 radical (unpaired) electrons. The van der Waals surface area contributed by atoms with E-state index in [0.717, 1.165) is 6.92 Å².